The van der Waals surface area contributed by atoms with Gasteiger partial charge in [-0.3, -0.25) is 0 Å². The normalized spacial score (nSPS) is 11.4. The van der Waals surface area contributed by atoms with Gasteiger partial charge in [0.2, 0.25) is 10.0 Å². The van der Waals surface area contributed by atoms with Gasteiger partial charge in [-0.1, -0.05) is 0 Å². The summed E-state index contributed by atoms with van der Waals surface area (Å²) in [6.45, 7) is -0.127. The van der Waals surface area contributed by atoms with Crippen LogP contribution in [0.1, 0.15) is 16.8 Å². The first-order valence-corrected chi connectivity index (χ1v) is 6.60. The Hall–Kier alpha value is -1.64. The number of hydrogen-bond acceptors (Lipinski definition) is 5. The van der Waals surface area contributed by atoms with Gasteiger partial charge in [-0.2, -0.15) is 0 Å². The Labute approximate surface area is 104 Å². The molecule has 0 unspecified atom stereocenters. The number of aromatic carboxylic acids is 1. The minimum absolute atomic E-state index is 0.0300. The van der Waals surface area contributed by atoms with Gasteiger partial charge in [-0.15, -0.1) is 0 Å². The van der Waals surface area contributed by atoms with Crippen LogP contribution in [0.15, 0.2) is 23.1 Å². The molecule has 5 N–H and O–H groups in total. The topological polar surface area (TPSA) is 130 Å². The fourth-order valence-corrected chi connectivity index (χ4v) is 2.56. The van der Waals surface area contributed by atoms with Crippen LogP contribution in [-0.4, -0.2) is 37.8 Å². The van der Waals surface area contributed by atoms with Crippen molar-refractivity contribution in [1.29, 1.82) is 0 Å². The average molecular weight is 274 g/mol. The zero-order chi connectivity index (χ0) is 13.8. The number of sulfonamides is 1. The van der Waals surface area contributed by atoms with E-state index >= 15 is 0 Å². The Balaban J connectivity index is 3.12. The van der Waals surface area contributed by atoms with Crippen LogP contribution in [0.5, 0.6) is 0 Å². The molecule has 1 aromatic rings. The molecule has 0 spiro atoms. The smallest absolute Gasteiger partial charge is 0.337 e. The highest BCUT2D eigenvalue weighted by atomic mass is 32.2. The van der Waals surface area contributed by atoms with E-state index in [-0.39, 0.29) is 35.7 Å². The molecule has 0 fully saturated rings. The van der Waals surface area contributed by atoms with Crippen molar-refractivity contribution >= 4 is 21.7 Å². The minimum atomic E-state index is -3.92. The average Bonchev–Trinajstić information content (AvgIpc) is 2.28. The van der Waals surface area contributed by atoms with E-state index in [0.717, 1.165) is 12.1 Å². The van der Waals surface area contributed by atoms with E-state index in [2.05, 4.69) is 4.72 Å². The molecule has 0 saturated carbocycles. The predicted molar refractivity (Wildman–Crippen MR) is 64.7 cm³/mol. The van der Waals surface area contributed by atoms with Crippen molar-refractivity contribution < 1.29 is 23.4 Å². The largest absolute Gasteiger partial charge is 0.478 e. The molecule has 0 bridgehead atoms. The summed E-state index contributed by atoms with van der Waals surface area (Å²) in [5.41, 5.74) is 5.20. The summed E-state index contributed by atoms with van der Waals surface area (Å²) in [5.74, 6) is -1.37. The van der Waals surface area contributed by atoms with Crippen LogP contribution < -0.4 is 10.5 Å². The van der Waals surface area contributed by atoms with E-state index in [1.807, 2.05) is 0 Å². The first kappa shape index (κ1) is 14.4. The van der Waals surface area contributed by atoms with E-state index in [1.165, 1.54) is 6.07 Å². The summed E-state index contributed by atoms with van der Waals surface area (Å²) in [7, 11) is -3.92. The van der Waals surface area contributed by atoms with Gasteiger partial charge in [-0.05, 0) is 24.6 Å². The number of nitrogens with two attached hydrogens (primary N) is 1. The Morgan fingerprint density at radius 3 is 2.61 bits per heavy atom. The van der Waals surface area contributed by atoms with Crippen LogP contribution in [0.4, 0.5) is 5.69 Å². The van der Waals surface area contributed by atoms with Gasteiger partial charge in [0.05, 0.1) is 10.5 Å². The molecule has 0 aliphatic heterocycles. The first-order valence-electron chi connectivity index (χ1n) is 5.12. The second kappa shape index (κ2) is 5.80. The molecule has 100 valence electrons. The van der Waals surface area contributed by atoms with Crippen molar-refractivity contribution in [3.63, 3.8) is 0 Å². The first-order chi connectivity index (χ1) is 8.38. The van der Waals surface area contributed by atoms with E-state index in [0.29, 0.717) is 0 Å². The molecule has 1 aromatic carbocycles. The number of aliphatic hydroxyl groups is 1. The fraction of sp³-hybridized carbons (Fsp3) is 0.300. The molecule has 8 heteroatoms. The molecule has 0 radical (unpaired) electrons. The number of carboxylic acids is 1. The van der Waals surface area contributed by atoms with E-state index < -0.39 is 16.0 Å². The Morgan fingerprint density at radius 2 is 2.06 bits per heavy atom. The summed E-state index contributed by atoms with van der Waals surface area (Å²) in [5, 5.41) is 17.5. The SMILES string of the molecule is Nc1ccc(S(=O)(=O)NCCCO)c(C(=O)O)c1. The maximum absolute atomic E-state index is 11.8. The van der Waals surface area contributed by atoms with Crippen LogP contribution in [0.25, 0.3) is 0 Å². The highest BCUT2D eigenvalue weighted by Crippen LogP contribution is 2.18. The lowest BCUT2D eigenvalue weighted by atomic mass is 10.2. The number of anilines is 1. The molecule has 0 amide bonds. The van der Waals surface area contributed by atoms with E-state index in [1.54, 1.807) is 0 Å². The van der Waals surface area contributed by atoms with Crippen LogP contribution in [0.3, 0.4) is 0 Å². The number of rotatable bonds is 6. The number of hydrogen-bond donors (Lipinski definition) is 4. The number of aliphatic hydroxyl groups excluding tert-OH is 1. The maximum Gasteiger partial charge on any atom is 0.337 e. The summed E-state index contributed by atoms with van der Waals surface area (Å²) >= 11 is 0. The minimum Gasteiger partial charge on any atom is -0.478 e. The number of benzene rings is 1. The second-order valence-electron chi connectivity index (χ2n) is 3.54. The molecular formula is C10H14N2O5S. The van der Waals surface area contributed by atoms with Crippen LogP contribution in [-0.2, 0) is 10.0 Å². The zero-order valence-corrected chi connectivity index (χ0v) is 10.3. The molecule has 0 atom stereocenters. The summed E-state index contributed by atoms with van der Waals surface area (Å²) < 4.78 is 25.9. The van der Waals surface area contributed by atoms with Crippen LogP contribution >= 0.6 is 0 Å². The predicted octanol–water partition coefficient (Wildman–Crippen LogP) is -0.372. The van der Waals surface area contributed by atoms with Crippen molar-refractivity contribution in [2.45, 2.75) is 11.3 Å². The highest BCUT2D eigenvalue weighted by molar-refractivity contribution is 7.89. The maximum atomic E-state index is 11.8. The second-order valence-corrected chi connectivity index (χ2v) is 5.27. The van der Waals surface area contributed by atoms with Crippen molar-refractivity contribution in [3.8, 4) is 0 Å². The zero-order valence-electron chi connectivity index (χ0n) is 9.46. The molecule has 0 aromatic heterocycles. The van der Waals surface area contributed by atoms with Crippen molar-refractivity contribution in [2.75, 3.05) is 18.9 Å². The summed E-state index contributed by atoms with van der Waals surface area (Å²) in [6, 6.07) is 3.54. The third-order valence-electron chi connectivity index (χ3n) is 2.15. The number of carboxylic acid groups (broad SMARTS) is 1. The summed E-state index contributed by atoms with van der Waals surface area (Å²) in [4.78, 5) is 10.6. The third-order valence-corrected chi connectivity index (χ3v) is 3.67. The highest BCUT2D eigenvalue weighted by Gasteiger charge is 2.21. The molecule has 0 saturated heterocycles. The molecular weight excluding hydrogens is 260 g/mol. The Bertz CT molecular complexity index is 541. The van der Waals surface area contributed by atoms with E-state index in [4.69, 9.17) is 15.9 Å². The molecule has 1 rings (SSSR count). The lowest BCUT2D eigenvalue weighted by Crippen LogP contribution is -2.27. The lowest BCUT2D eigenvalue weighted by molar-refractivity contribution is 0.0692. The van der Waals surface area contributed by atoms with Gasteiger partial charge < -0.3 is 15.9 Å². The Morgan fingerprint density at radius 1 is 1.39 bits per heavy atom. The third kappa shape index (κ3) is 3.42. The number of nitrogen functional groups attached to an aromatic ring is 1. The van der Waals surface area contributed by atoms with Crippen molar-refractivity contribution in [1.82, 2.24) is 4.72 Å². The molecule has 18 heavy (non-hydrogen) atoms. The standard InChI is InChI=1S/C10H14N2O5S/c11-7-2-3-9(8(6-7)10(14)15)18(16,17)12-4-1-5-13/h2-3,6,12-13H,1,4-5,11H2,(H,14,15). The van der Waals surface area contributed by atoms with Gasteiger partial charge >= 0.3 is 5.97 Å². The Kier molecular flexibility index (Phi) is 4.65. The van der Waals surface area contributed by atoms with Gasteiger partial charge in [0.15, 0.2) is 0 Å². The molecule has 0 heterocycles. The van der Waals surface area contributed by atoms with Gasteiger partial charge in [0, 0.05) is 18.8 Å². The van der Waals surface area contributed by atoms with Crippen LogP contribution in [0.2, 0.25) is 0 Å². The quantitative estimate of drug-likeness (QED) is 0.413. The lowest BCUT2D eigenvalue weighted by Gasteiger charge is -2.09. The fourth-order valence-electron chi connectivity index (χ4n) is 1.31. The molecule has 7 nitrogen and oxygen atoms in total. The van der Waals surface area contributed by atoms with Crippen LogP contribution in [0, 0.1) is 0 Å². The van der Waals surface area contributed by atoms with Gasteiger partial charge in [0.25, 0.3) is 0 Å². The van der Waals surface area contributed by atoms with Gasteiger partial charge in [0.1, 0.15) is 0 Å². The van der Waals surface area contributed by atoms with Crippen molar-refractivity contribution in [2.24, 2.45) is 0 Å². The monoisotopic (exact) mass is 274 g/mol. The number of nitrogens with one attached hydrogen (secondary N) is 1. The molecule has 0 aliphatic rings. The van der Waals surface area contributed by atoms with Crippen molar-refractivity contribution in [3.05, 3.63) is 23.8 Å². The van der Waals surface area contributed by atoms with E-state index in [9.17, 15) is 13.2 Å². The van der Waals surface area contributed by atoms with Gasteiger partial charge in [-0.25, -0.2) is 17.9 Å². The molecule has 0 aliphatic carbocycles. The summed E-state index contributed by atoms with van der Waals surface area (Å²) in [6.07, 6.45) is 0.247. The number of carbonyl (C=O) groups is 1.